The maximum atomic E-state index is 3.83. The molecule has 0 nitrogen and oxygen atoms in total. The van der Waals surface area contributed by atoms with Crippen molar-refractivity contribution in [3.05, 3.63) is 34.9 Å². The van der Waals surface area contributed by atoms with Crippen molar-refractivity contribution in [1.29, 1.82) is 0 Å². The number of rotatable bonds is 3. The second-order valence-electron chi connectivity index (χ2n) is 8.37. The highest BCUT2D eigenvalue weighted by molar-refractivity contribution is 9.09. The molecule has 118 valence electrons. The van der Waals surface area contributed by atoms with E-state index in [1.807, 2.05) is 0 Å². The largest absolute Gasteiger partial charge is 0.0922 e. The van der Waals surface area contributed by atoms with E-state index >= 15 is 0 Å². The predicted octanol–water partition coefficient (Wildman–Crippen LogP) is 6.46. The van der Waals surface area contributed by atoms with E-state index in [0.717, 1.165) is 11.2 Å². The molecule has 0 amide bonds. The molecule has 0 bridgehead atoms. The molecule has 21 heavy (non-hydrogen) atoms. The topological polar surface area (TPSA) is 0 Å². The standard InChI is InChI=1S/C20H31Br/c1-15-6-7-17(12-16(15)2)13-20(14-21)10-8-18(9-11-20)19(3,4)5/h6-7,12,18H,8-11,13-14H2,1-5H3. The van der Waals surface area contributed by atoms with Crippen LogP contribution in [0, 0.1) is 30.6 Å². The van der Waals surface area contributed by atoms with E-state index in [4.69, 9.17) is 0 Å². The molecular weight excluding hydrogens is 320 g/mol. The molecular formula is C20H31Br. The summed E-state index contributed by atoms with van der Waals surface area (Å²) in [7, 11) is 0. The van der Waals surface area contributed by atoms with Crippen LogP contribution in [0.2, 0.25) is 0 Å². The molecule has 1 aromatic rings. The number of aryl methyl sites for hydroxylation is 2. The maximum Gasteiger partial charge on any atom is 0.00911 e. The Labute approximate surface area is 139 Å². The third kappa shape index (κ3) is 4.12. The van der Waals surface area contributed by atoms with Gasteiger partial charge in [0.1, 0.15) is 0 Å². The van der Waals surface area contributed by atoms with Crippen LogP contribution in [0.15, 0.2) is 18.2 Å². The molecule has 0 saturated heterocycles. The highest BCUT2D eigenvalue weighted by Gasteiger charge is 2.38. The average Bonchev–Trinajstić information content (AvgIpc) is 2.42. The monoisotopic (exact) mass is 350 g/mol. The summed E-state index contributed by atoms with van der Waals surface area (Å²) in [5.74, 6) is 0.893. The van der Waals surface area contributed by atoms with Crippen LogP contribution < -0.4 is 0 Å². The number of benzene rings is 1. The van der Waals surface area contributed by atoms with Gasteiger partial charge in [-0.3, -0.25) is 0 Å². The zero-order chi connectivity index (χ0) is 15.7. The summed E-state index contributed by atoms with van der Waals surface area (Å²) in [5.41, 5.74) is 5.30. The van der Waals surface area contributed by atoms with Crippen LogP contribution in [0.25, 0.3) is 0 Å². The van der Waals surface area contributed by atoms with Crippen molar-refractivity contribution in [3.63, 3.8) is 0 Å². The average molecular weight is 351 g/mol. The van der Waals surface area contributed by atoms with Crippen molar-refractivity contribution in [2.24, 2.45) is 16.7 Å². The smallest absolute Gasteiger partial charge is 0.00911 e. The van der Waals surface area contributed by atoms with Gasteiger partial charge in [0.05, 0.1) is 0 Å². The van der Waals surface area contributed by atoms with Gasteiger partial charge in [-0.05, 0) is 79.4 Å². The Bertz CT molecular complexity index is 473. The Morgan fingerprint density at radius 3 is 2.19 bits per heavy atom. The second-order valence-corrected chi connectivity index (χ2v) is 8.93. The summed E-state index contributed by atoms with van der Waals surface area (Å²) in [4.78, 5) is 0. The summed E-state index contributed by atoms with van der Waals surface area (Å²) < 4.78 is 0. The van der Waals surface area contributed by atoms with Gasteiger partial charge in [-0.2, -0.15) is 0 Å². The lowest BCUT2D eigenvalue weighted by Gasteiger charge is -2.43. The van der Waals surface area contributed by atoms with Gasteiger partial charge < -0.3 is 0 Å². The summed E-state index contributed by atoms with van der Waals surface area (Å²) in [6.45, 7) is 11.6. The van der Waals surface area contributed by atoms with Gasteiger partial charge >= 0.3 is 0 Å². The minimum atomic E-state index is 0.471. The molecule has 1 heteroatoms. The number of hydrogen-bond acceptors (Lipinski definition) is 0. The molecule has 0 N–H and O–H groups in total. The van der Waals surface area contributed by atoms with Crippen molar-refractivity contribution in [2.75, 3.05) is 5.33 Å². The molecule has 1 fully saturated rings. The van der Waals surface area contributed by atoms with Gasteiger partial charge in [0.15, 0.2) is 0 Å². The molecule has 1 saturated carbocycles. The highest BCUT2D eigenvalue weighted by atomic mass is 79.9. The fraction of sp³-hybridized carbons (Fsp3) is 0.700. The third-order valence-electron chi connectivity index (χ3n) is 5.70. The van der Waals surface area contributed by atoms with Crippen LogP contribution in [-0.4, -0.2) is 5.33 Å². The minimum Gasteiger partial charge on any atom is -0.0922 e. The fourth-order valence-corrected chi connectivity index (χ4v) is 4.56. The molecule has 0 spiro atoms. The first kappa shape index (κ1) is 17.1. The van der Waals surface area contributed by atoms with Crippen LogP contribution in [0.4, 0.5) is 0 Å². The molecule has 0 aliphatic heterocycles. The summed E-state index contributed by atoms with van der Waals surface area (Å²) in [5, 5.41) is 1.14. The van der Waals surface area contributed by atoms with Crippen LogP contribution in [-0.2, 0) is 6.42 Å². The molecule has 1 aromatic carbocycles. The van der Waals surface area contributed by atoms with Crippen LogP contribution >= 0.6 is 15.9 Å². The molecule has 0 unspecified atom stereocenters. The number of alkyl halides is 1. The molecule has 1 aliphatic rings. The zero-order valence-corrected chi connectivity index (χ0v) is 16.0. The number of hydrogen-bond donors (Lipinski definition) is 0. The van der Waals surface area contributed by atoms with Gasteiger partial charge in [-0.1, -0.05) is 54.9 Å². The van der Waals surface area contributed by atoms with E-state index in [-0.39, 0.29) is 0 Å². The first-order valence-electron chi connectivity index (χ1n) is 8.38. The van der Waals surface area contributed by atoms with Crippen molar-refractivity contribution in [3.8, 4) is 0 Å². The SMILES string of the molecule is Cc1ccc(CC2(CBr)CCC(C(C)(C)C)CC2)cc1C. The normalized spacial score (nSPS) is 26.9. The molecule has 0 heterocycles. The Morgan fingerprint density at radius 1 is 1.10 bits per heavy atom. The van der Waals surface area contributed by atoms with Crippen LogP contribution in [0.5, 0.6) is 0 Å². The molecule has 0 aromatic heterocycles. The van der Waals surface area contributed by atoms with Gasteiger partial charge in [0.25, 0.3) is 0 Å². The second kappa shape index (κ2) is 6.44. The van der Waals surface area contributed by atoms with Gasteiger partial charge in [-0.25, -0.2) is 0 Å². The summed E-state index contributed by atoms with van der Waals surface area (Å²) in [6, 6.07) is 7.02. The van der Waals surface area contributed by atoms with E-state index in [0.29, 0.717) is 10.8 Å². The Hall–Kier alpha value is -0.300. The Morgan fingerprint density at radius 2 is 1.71 bits per heavy atom. The van der Waals surface area contributed by atoms with E-state index in [1.54, 1.807) is 0 Å². The van der Waals surface area contributed by atoms with Crippen LogP contribution in [0.3, 0.4) is 0 Å². The van der Waals surface area contributed by atoms with Crippen LogP contribution in [0.1, 0.15) is 63.1 Å². The minimum absolute atomic E-state index is 0.471. The Kier molecular flexibility index (Phi) is 5.23. The van der Waals surface area contributed by atoms with Gasteiger partial charge in [-0.15, -0.1) is 0 Å². The van der Waals surface area contributed by atoms with Gasteiger partial charge in [0, 0.05) is 5.33 Å². The maximum absolute atomic E-state index is 3.83. The highest BCUT2D eigenvalue weighted by Crippen LogP contribution is 2.47. The molecule has 1 aliphatic carbocycles. The van der Waals surface area contributed by atoms with Crippen molar-refractivity contribution >= 4 is 15.9 Å². The van der Waals surface area contributed by atoms with E-state index < -0.39 is 0 Å². The van der Waals surface area contributed by atoms with Gasteiger partial charge in [0.2, 0.25) is 0 Å². The molecule has 0 atom stereocenters. The lowest BCUT2D eigenvalue weighted by Crippen LogP contribution is -2.35. The third-order valence-corrected chi connectivity index (χ3v) is 6.89. The quantitative estimate of drug-likeness (QED) is 0.548. The predicted molar refractivity (Wildman–Crippen MR) is 97.3 cm³/mol. The lowest BCUT2D eigenvalue weighted by atomic mass is 9.63. The first-order chi connectivity index (χ1) is 9.76. The van der Waals surface area contributed by atoms with Crippen molar-refractivity contribution < 1.29 is 0 Å². The fourth-order valence-electron chi connectivity index (χ4n) is 3.80. The zero-order valence-electron chi connectivity index (χ0n) is 14.4. The van der Waals surface area contributed by atoms with E-state index in [2.05, 4.69) is 68.7 Å². The van der Waals surface area contributed by atoms with E-state index in [1.165, 1.54) is 48.8 Å². The van der Waals surface area contributed by atoms with Crippen molar-refractivity contribution in [1.82, 2.24) is 0 Å². The number of halogens is 1. The molecule has 0 radical (unpaired) electrons. The first-order valence-corrected chi connectivity index (χ1v) is 9.50. The van der Waals surface area contributed by atoms with Crippen molar-refractivity contribution in [2.45, 2.75) is 66.7 Å². The lowest BCUT2D eigenvalue weighted by molar-refractivity contribution is 0.103. The Balaban J connectivity index is 2.08. The molecule has 2 rings (SSSR count). The summed E-state index contributed by atoms with van der Waals surface area (Å²) >= 11 is 3.83. The van der Waals surface area contributed by atoms with E-state index in [9.17, 15) is 0 Å². The summed E-state index contributed by atoms with van der Waals surface area (Å²) in [6.07, 6.45) is 6.75.